The molecule has 2 rings (SSSR count). The van der Waals surface area contributed by atoms with Gasteiger partial charge in [0.1, 0.15) is 5.75 Å². The third-order valence-corrected chi connectivity index (χ3v) is 3.95. The van der Waals surface area contributed by atoms with Crippen LogP contribution in [0.1, 0.15) is 18.4 Å². The minimum Gasteiger partial charge on any atom is -0.468 e. The first-order valence-corrected chi connectivity index (χ1v) is 7.77. The molecule has 0 atom stereocenters. The van der Waals surface area contributed by atoms with Crippen molar-refractivity contribution >= 4 is 15.9 Å². The van der Waals surface area contributed by atoms with Crippen molar-refractivity contribution < 1.29 is 14.2 Å². The van der Waals surface area contributed by atoms with E-state index in [1.165, 1.54) is 18.4 Å². The number of halogens is 1. The predicted octanol–water partition coefficient (Wildman–Crippen LogP) is 2.95. The van der Waals surface area contributed by atoms with Crippen molar-refractivity contribution in [3.8, 4) is 5.75 Å². The van der Waals surface area contributed by atoms with Gasteiger partial charge in [0.15, 0.2) is 6.79 Å². The molecule has 0 aromatic heterocycles. The molecule has 1 aliphatic rings. The van der Waals surface area contributed by atoms with Gasteiger partial charge in [-0.1, -0.05) is 15.9 Å². The van der Waals surface area contributed by atoms with Crippen LogP contribution in [0.5, 0.6) is 5.75 Å². The van der Waals surface area contributed by atoms with Crippen molar-refractivity contribution in [3.05, 3.63) is 28.2 Å². The molecule has 1 aromatic carbocycles. The summed E-state index contributed by atoms with van der Waals surface area (Å²) < 4.78 is 17.2. The molecular formula is C15H22BrNO3. The highest BCUT2D eigenvalue weighted by Gasteiger charge is 2.21. The van der Waals surface area contributed by atoms with E-state index in [1.54, 1.807) is 7.11 Å². The van der Waals surface area contributed by atoms with E-state index in [0.717, 1.165) is 35.8 Å². The Hall–Kier alpha value is -0.620. The molecule has 4 nitrogen and oxygen atoms in total. The highest BCUT2D eigenvalue weighted by Crippen LogP contribution is 2.29. The number of hydrogen-bond donors (Lipinski definition) is 1. The molecule has 0 aliphatic heterocycles. The number of methoxy groups -OCH3 is 1. The van der Waals surface area contributed by atoms with Crippen LogP contribution in [-0.2, 0) is 16.0 Å². The van der Waals surface area contributed by atoms with Crippen molar-refractivity contribution in [2.24, 2.45) is 5.92 Å². The summed E-state index contributed by atoms with van der Waals surface area (Å²) in [4.78, 5) is 0. The molecule has 0 saturated heterocycles. The normalized spacial score (nSPS) is 14.5. The summed E-state index contributed by atoms with van der Waals surface area (Å²) in [7, 11) is 1.70. The van der Waals surface area contributed by atoms with E-state index in [2.05, 4.69) is 21.2 Å². The molecule has 0 radical (unpaired) electrons. The van der Waals surface area contributed by atoms with Gasteiger partial charge in [0.25, 0.3) is 0 Å². The maximum absolute atomic E-state index is 5.61. The van der Waals surface area contributed by atoms with Gasteiger partial charge < -0.3 is 19.5 Å². The average molecular weight is 344 g/mol. The van der Waals surface area contributed by atoms with Gasteiger partial charge in [0.05, 0.1) is 13.2 Å². The molecule has 5 heteroatoms. The molecule has 1 saturated carbocycles. The Morgan fingerprint density at radius 1 is 1.35 bits per heavy atom. The van der Waals surface area contributed by atoms with Crippen LogP contribution in [0.25, 0.3) is 0 Å². The molecule has 20 heavy (non-hydrogen) atoms. The number of ether oxygens (including phenoxy) is 3. The third-order valence-electron chi connectivity index (χ3n) is 3.17. The standard InChI is InChI=1S/C15H22BrNO3/c1-18-7-6-17-9-13-8-14(4-5-15(13)16)20-11-19-10-12-2-3-12/h4-5,8,12,17H,2-3,6-7,9-11H2,1H3. The van der Waals surface area contributed by atoms with Crippen LogP contribution in [-0.4, -0.2) is 33.7 Å². The molecule has 1 aliphatic carbocycles. The number of benzene rings is 1. The highest BCUT2D eigenvalue weighted by atomic mass is 79.9. The van der Waals surface area contributed by atoms with E-state index in [4.69, 9.17) is 14.2 Å². The van der Waals surface area contributed by atoms with Gasteiger partial charge in [-0.3, -0.25) is 0 Å². The van der Waals surface area contributed by atoms with Crippen LogP contribution < -0.4 is 10.1 Å². The summed E-state index contributed by atoms with van der Waals surface area (Å²) in [6, 6.07) is 5.98. The molecule has 0 heterocycles. The van der Waals surface area contributed by atoms with E-state index >= 15 is 0 Å². The Bertz CT molecular complexity index is 410. The van der Waals surface area contributed by atoms with Crippen LogP contribution in [0.3, 0.4) is 0 Å². The van der Waals surface area contributed by atoms with E-state index in [1.807, 2.05) is 18.2 Å². The first-order valence-electron chi connectivity index (χ1n) is 6.98. The smallest absolute Gasteiger partial charge is 0.189 e. The minimum atomic E-state index is 0.328. The molecule has 0 unspecified atom stereocenters. The van der Waals surface area contributed by atoms with E-state index < -0.39 is 0 Å². The largest absolute Gasteiger partial charge is 0.468 e. The zero-order valence-electron chi connectivity index (χ0n) is 11.9. The summed E-state index contributed by atoms with van der Waals surface area (Å²) in [5.74, 6) is 1.61. The van der Waals surface area contributed by atoms with Crippen LogP contribution in [0.15, 0.2) is 22.7 Å². The molecule has 1 N–H and O–H groups in total. The van der Waals surface area contributed by atoms with Crippen LogP contribution in [0.2, 0.25) is 0 Å². The lowest BCUT2D eigenvalue weighted by Crippen LogP contribution is -2.18. The number of hydrogen-bond acceptors (Lipinski definition) is 4. The summed E-state index contributed by atoms with van der Waals surface area (Å²) in [5.41, 5.74) is 1.17. The topological polar surface area (TPSA) is 39.7 Å². The Morgan fingerprint density at radius 2 is 2.20 bits per heavy atom. The lowest BCUT2D eigenvalue weighted by molar-refractivity contribution is 0.00993. The van der Waals surface area contributed by atoms with E-state index in [9.17, 15) is 0 Å². The van der Waals surface area contributed by atoms with Crippen LogP contribution in [0.4, 0.5) is 0 Å². The molecule has 1 fully saturated rings. The fourth-order valence-electron chi connectivity index (χ4n) is 1.78. The SMILES string of the molecule is COCCNCc1cc(OCOCC2CC2)ccc1Br. The van der Waals surface area contributed by atoms with Crippen LogP contribution in [0, 0.1) is 5.92 Å². The molecule has 112 valence electrons. The lowest BCUT2D eigenvalue weighted by Gasteiger charge is -2.11. The molecule has 0 amide bonds. The van der Waals surface area contributed by atoms with Gasteiger partial charge in [-0.15, -0.1) is 0 Å². The molecule has 0 bridgehead atoms. The first kappa shape index (κ1) is 15.8. The summed E-state index contributed by atoms with van der Waals surface area (Å²) in [6.45, 7) is 3.47. The summed E-state index contributed by atoms with van der Waals surface area (Å²) in [6.07, 6.45) is 2.60. The second kappa shape index (κ2) is 8.62. The summed E-state index contributed by atoms with van der Waals surface area (Å²) >= 11 is 3.55. The first-order chi connectivity index (χ1) is 9.79. The van der Waals surface area contributed by atoms with Crippen molar-refractivity contribution in [1.29, 1.82) is 0 Å². The van der Waals surface area contributed by atoms with Crippen LogP contribution >= 0.6 is 15.9 Å². The molecule has 0 spiro atoms. The van der Waals surface area contributed by atoms with Crippen molar-refractivity contribution in [1.82, 2.24) is 5.32 Å². The molecule has 1 aromatic rings. The third kappa shape index (κ3) is 5.79. The highest BCUT2D eigenvalue weighted by molar-refractivity contribution is 9.10. The van der Waals surface area contributed by atoms with Crippen molar-refractivity contribution in [2.75, 3.05) is 33.7 Å². The van der Waals surface area contributed by atoms with Crippen molar-refractivity contribution in [3.63, 3.8) is 0 Å². The Balaban J connectivity index is 1.73. The number of rotatable bonds is 10. The Kier molecular flexibility index (Phi) is 6.79. The number of nitrogens with one attached hydrogen (secondary N) is 1. The maximum Gasteiger partial charge on any atom is 0.189 e. The van der Waals surface area contributed by atoms with Gasteiger partial charge >= 0.3 is 0 Å². The molecular weight excluding hydrogens is 322 g/mol. The van der Waals surface area contributed by atoms with Crippen molar-refractivity contribution in [2.45, 2.75) is 19.4 Å². The van der Waals surface area contributed by atoms with Gasteiger partial charge in [-0.05, 0) is 42.5 Å². The fraction of sp³-hybridized carbons (Fsp3) is 0.600. The fourth-order valence-corrected chi connectivity index (χ4v) is 2.17. The quantitative estimate of drug-likeness (QED) is 0.523. The van der Waals surface area contributed by atoms with E-state index in [0.29, 0.717) is 13.4 Å². The average Bonchev–Trinajstić information content (AvgIpc) is 3.27. The second-order valence-electron chi connectivity index (χ2n) is 5.00. The van der Waals surface area contributed by atoms with Gasteiger partial charge in [0, 0.05) is 24.7 Å². The summed E-state index contributed by atoms with van der Waals surface area (Å²) in [5, 5.41) is 3.32. The maximum atomic E-state index is 5.61. The van der Waals surface area contributed by atoms with Gasteiger partial charge in [0.2, 0.25) is 0 Å². The zero-order valence-corrected chi connectivity index (χ0v) is 13.4. The predicted molar refractivity (Wildman–Crippen MR) is 81.9 cm³/mol. The minimum absolute atomic E-state index is 0.328. The van der Waals surface area contributed by atoms with E-state index in [-0.39, 0.29) is 0 Å². The van der Waals surface area contributed by atoms with Gasteiger partial charge in [-0.25, -0.2) is 0 Å². The van der Waals surface area contributed by atoms with Gasteiger partial charge in [-0.2, -0.15) is 0 Å². The monoisotopic (exact) mass is 343 g/mol. The second-order valence-corrected chi connectivity index (χ2v) is 5.85. The zero-order chi connectivity index (χ0) is 14.2. The Labute approximate surface area is 128 Å². The lowest BCUT2D eigenvalue weighted by atomic mass is 10.2. The Morgan fingerprint density at radius 3 is 2.95 bits per heavy atom.